The Morgan fingerprint density at radius 1 is 1.06 bits per heavy atom. The van der Waals surface area contributed by atoms with Crippen LogP contribution in [0.5, 0.6) is 0 Å². The summed E-state index contributed by atoms with van der Waals surface area (Å²) in [6, 6.07) is 15.9. The first-order chi connectivity index (χ1) is 15.1. The van der Waals surface area contributed by atoms with Crippen molar-refractivity contribution < 1.29 is 4.79 Å². The second kappa shape index (κ2) is 10.1. The number of likely N-dealkylation sites (N-methyl/N-ethyl adjacent to an activating group) is 1. The van der Waals surface area contributed by atoms with Gasteiger partial charge >= 0.3 is 0 Å². The third kappa shape index (κ3) is 5.37. The molecule has 3 aromatic rings. The van der Waals surface area contributed by atoms with Crippen molar-refractivity contribution in [3.8, 4) is 11.1 Å². The average molecular weight is 418 g/mol. The van der Waals surface area contributed by atoms with Gasteiger partial charge in [-0.2, -0.15) is 0 Å². The topological polar surface area (TPSA) is 48.1 Å². The van der Waals surface area contributed by atoms with Gasteiger partial charge in [-0.3, -0.25) is 4.79 Å². The number of rotatable bonds is 8. The molecule has 0 spiro atoms. The van der Waals surface area contributed by atoms with Gasteiger partial charge < -0.3 is 15.2 Å². The number of fused-ring (bicyclic) bond motifs is 1. The van der Waals surface area contributed by atoms with E-state index in [0.29, 0.717) is 19.0 Å². The van der Waals surface area contributed by atoms with E-state index in [9.17, 15) is 4.79 Å². The second-order valence-corrected chi connectivity index (χ2v) is 8.92. The average Bonchev–Trinajstić information content (AvgIpc) is 3.21. The fourth-order valence-electron chi connectivity index (χ4n) is 4.76. The minimum absolute atomic E-state index is 0.0946. The van der Waals surface area contributed by atoms with Crippen LogP contribution in [0.2, 0.25) is 0 Å². The van der Waals surface area contributed by atoms with Gasteiger partial charge in [0.05, 0.1) is 6.42 Å². The van der Waals surface area contributed by atoms with Crippen molar-refractivity contribution in [3.63, 3.8) is 0 Å². The van der Waals surface area contributed by atoms with Crippen LogP contribution in [0.25, 0.3) is 22.0 Å². The molecule has 164 valence electrons. The molecule has 1 aliphatic rings. The van der Waals surface area contributed by atoms with Crippen LogP contribution < -0.4 is 5.32 Å². The number of carbonyl (C=O) groups excluding carboxylic acids is 1. The number of aromatic amines is 1. The number of aryl methyl sites for hydroxylation is 1. The normalized spacial score (nSPS) is 14.9. The van der Waals surface area contributed by atoms with Gasteiger partial charge in [0.2, 0.25) is 5.91 Å². The Morgan fingerprint density at radius 3 is 2.55 bits per heavy atom. The third-order valence-corrected chi connectivity index (χ3v) is 6.80. The molecule has 0 bridgehead atoms. The van der Waals surface area contributed by atoms with Gasteiger partial charge in [0.1, 0.15) is 0 Å². The SMILES string of the molecule is CCc1ccc(-c2ccc3c(CC(=O)NCCN(C)C4CCCCC4)c[nH]c3c2)cc1. The number of carbonyl (C=O) groups is 1. The van der Waals surface area contributed by atoms with Gasteiger partial charge in [0, 0.05) is 36.2 Å². The highest BCUT2D eigenvalue weighted by Crippen LogP contribution is 2.27. The van der Waals surface area contributed by atoms with Gasteiger partial charge in [-0.25, -0.2) is 0 Å². The first-order valence-electron chi connectivity index (χ1n) is 11.8. The first-order valence-corrected chi connectivity index (χ1v) is 11.8. The van der Waals surface area contributed by atoms with Crippen LogP contribution in [0.3, 0.4) is 0 Å². The highest BCUT2D eigenvalue weighted by Gasteiger charge is 2.17. The lowest BCUT2D eigenvalue weighted by atomic mass is 9.94. The lowest BCUT2D eigenvalue weighted by Crippen LogP contribution is -2.39. The number of aromatic nitrogens is 1. The Bertz CT molecular complexity index is 999. The van der Waals surface area contributed by atoms with Crippen molar-refractivity contribution in [1.82, 2.24) is 15.2 Å². The van der Waals surface area contributed by atoms with Gasteiger partial charge in [-0.05, 0) is 54.6 Å². The predicted molar refractivity (Wildman–Crippen MR) is 129 cm³/mol. The van der Waals surface area contributed by atoms with Crippen molar-refractivity contribution in [2.75, 3.05) is 20.1 Å². The number of H-pyrrole nitrogens is 1. The standard InChI is InChI=1S/C27H35N3O/c1-3-20-9-11-21(12-10-20)22-13-14-25-23(19-29-26(25)17-22)18-27(31)28-15-16-30(2)24-7-5-4-6-8-24/h9-14,17,19,24,29H,3-8,15-16,18H2,1-2H3,(H,28,31). The van der Waals surface area contributed by atoms with E-state index in [1.807, 2.05) is 6.20 Å². The van der Waals surface area contributed by atoms with E-state index in [0.717, 1.165) is 29.4 Å². The molecule has 4 nitrogen and oxygen atoms in total. The molecule has 0 saturated heterocycles. The molecule has 0 radical (unpaired) electrons. The minimum Gasteiger partial charge on any atom is -0.361 e. The molecule has 0 atom stereocenters. The molecule has 1 fully saturated rings. The Balaban J connectivity index is 1.33. The maximum atomic E-state index is 12.5. The van der Waals surface area contributed by atoms with E-state index >= 15 is 0 Å². The Morgan fingerprint density at radius 2 is 1.81 bits per heavy atom. The predicted octanol–water partition coefficient (Wildman–Crippen LogP) is 5.32. The van der Waals surface area contributed by atoms with Crippen LogP contribution in [0.4, 0.5) is 0 Å². The number of nitrogens with one attached hydrogen (secondary N) is 2. The molecule has 1 aliphatic carbocycles. The van der Waals surface area contributed by atoms with Crippen LogP contribution >= 0.6 is 0 Å². The largest absolute Gasteiger partial charge is 0.361 e. The molecule has 0 unspecified atom stereocenters. The highest BCUT2D eigenvalue weighted by atomic mass is 16.1. The maximum absolute atomic E-state index is 12.5. The molecule has 2 N–H and O–H groups in total. The van der Waals surface area contributed by atoms with Gasteiger partial charge in [0.15, 0.2) is 0 Å². The smallest absolute Gasteiger partial charge is 0.224 e. The summed E-state index contributed by atoms with van der Waals surface area (Å²) in [5.41, 5.74) is 5.90. The summed E-state index contributed by atoms with van der Waals surface area (Å²) >= 11 is 0. The van der Waals surface area contributed by atoms with Crippen molar-refractivity contribution in [3.05, 3.63) is 59.8 Å². The van der Waals surface area contributed by atoms with Crippen molar-refractivity contribution >= 4 is 16.8 Å². The first kappa shape index (κ1) is 21.6. The number of nitrogens with zero attached hydrogens (tertiary/aromatic N) is 1. The minimum atomic E-state index is 0.0946. The van der Waals surface area contributed by atoms with E-state index in [1.165, 1.54) is 48.8 Å². The van der Waals surface area contributed by atoms with E-state index in [2.05, 4.69) is 71.6 Å². The van der Waals surface area contributed by atoms with Crippen LogP contribution in [-0.4, -0.2) is 42.0 Å². The van der Waals surface area contributed by atoms with Crippen molar-refractivity contribution in [2.24, 2.45) is 0 Å². The fourth-order valence-corrected chi connectivity index (χ4v) is 4.76. The van der Waals surface area contributed by atoms with E-state index in [-0.39, 0.29) is 5.91 Å². The number of amides is 1. The Hall–Kier alpha value is -2.59. The fraction of sp³-hybridized carbons (Fsp3) is 0.444. The van der Waals surface area contributed by atoms with Crippen LogP contribution in [0, 0.1) is 0 Å². The zero-order valence-electron chi connectivity index (χ0n) is 18.9. The summed E-state index contributed by atoms with van der Waals surface area (Å²) in [6.07, 6.45) is 10.1. The quantitative estimate of drug-likeness (QED) is 0.521. The van der Waals surface area contributed by atoms with Crippen LogP contribution in [0.15, 0.2) is 48.7 Å². The van der Waals surface area contributed by atoms with Crippen molar-refractivity contribution in [2.45, 2.75) is 57.9 Å². The Kier molecular flexibility index (Phi) is 7.08. The molecule has 0 aliphatic heterocycles. The third-order valence-electron chi connectivity index (χ3n) is 6.80. The molecule has 1 aromatic heterocycles. The number of benzene rings is 2. The summed E-state index contributed by atoms with van der Waals surface area (Å²) in [5, 5.41) is 4.24. The summed E-state index contributed by atoms with van der Waals surface area (Å²) in [7, 11) is 2.19. The molecule has 1 heterocycles. The molecule has 31 heavy (non-hydrogen) atoms. The summed E-state index contributed by atoms with van der Waals surface area (Å²) < 4.78 is 0. The van der Waals surface area contributed by atoms with Gasteiger partial charge in [-0.15, -0.1) is 0 Å². The van der Waals surface area contributed by atoms with E-state index in [4.69, 9.17) is 0 Å². The molecule has 1 amide bonds. The summed E-state index contributed by atoms with van der Waals surface area (Å²) in [4.78, 5) is 18.3. The molecule has 4 rings (SSSR count). The molecule has 4 heteroatoms. The molecule has 1 saturated carbocycles. The molecular formula is C27H35N3O. The van der Waals surface area contributed by atoms with Crippen LogP contribution in [-0.2, 0) is 17.6 Å². The van der Waals surface area contributed by atoms with Gasteiger partial charge in [0.25, 0.3) is 0 Å². The zero-order chi connectivity index (χ0) is 21.6. The summed E-state index contributed by atoms with van der Waals surface area (Å²) in [5.74, 6) is 0.0946. The number of hydrogen-bond acceptors (Lipinski definition) is 2. The lowest BCUT2D eigenvalue weighted by Gasteiger charge is -2.31. The van der Waals surface area contributed by atoms with Crippen molar-refractivity contribution in [1.29, 1.82) is 0 Å². The highest BCUT2D eigenvalue weighted by molar-refractivity contribution is 5.91. The Labute approximate surface area is 186 Å². The molecular weight excluding hydrogens is 382 g/mol. The van der Waals surface area contributed by atoms with E-state index < -0.39 is 0 Å². The van der Waals surface area contributed by atoms with Gasteiger partial charge in [-0.1, -0.05) is 62.6 Å². The maximum Gasteiger partial charge on any atom is 0.224 e. The molecule has 2 aromatic carbocycles. The summed E-state index contributed by atoms with van der Waals surface area (Å²) in [6.45, 7) is 3.81. The second-order valence-electron chi connectivity index (χ2n) is 8.92. The number of hydrogen-bond donors (Lipinski definition) is 2. The lowest BCUT2D eigenvalue weighted by molar-refractivity contribution is -0.120. The van der Waals surface area contributed by atoms with E-state index in [1.54, 1.807) is 0 Å². The monoisotopic (exact) mass is 417 g/mol. The van der Waals surface area contributed by atoms with Crippen LogP contribution in [0.1, 0.15) is 50.2 Å². The zero-order valence-corrected chi connectivity index (χ0v) is 18.9.